The van der Waals surface area contributed by atoms with Crippen LogP contribution in [0.3, 0.4) is 0 Å². The van der Waals surface area contributed by atoms with E-state index in [1.54, 1.807) is 18.2 Å². The number of nitriles is 1. The van der Waals surface area contributed by atoms with Crippen molar-refractivity contribution in [2.24, 2.45) is 0 Å². The van der Waals surface area contributed by atoms with Gasteiger partial charge in [-0.3, -0.25) is 4.79 Å². The number of hydrogen-bond donors (Lipinski definition) is 3. The van der Waals surface area contributed by atoms with Gasteiger partial charge in [-0.25, -0.2) is 0 Å². The van der Waals surface area contributed by atoms with Crippen LogP contribution < -0.4 is 5.32 Å². The standard InChI is InChI=1S/C19H16N2O3/c20-12-16(8-4-7-14-5-2-1-3-6-14)19(24)21-13-15-9-10-17(22)18(23)11-15/h1-11,22-23H,13H2,(H,21,24). The maximum atomic E-state index is 12.0. The van der Waals surface area contributed by atoms with E-state index in [9.17, 15) is 15.0 Å². The number of phenolic OH excluding ortho intramolecular Hbond substituents is 2. The molecule has 0 spiro atoms. The van der Waals surface area contributed by atoms with Crippen molar-refractivity contribution in [3.8, 4) is 17.6 Å². The number of nitrogens with zero attached hydrogens (tertiary/aromatic N) is 1. The van der Waals surface area contributed by atoms with E-state index in [0.29, 0.717) is 5.56 Å². The Bertz CT molecular complexity index is 818. The number of carbonyl (C=O) groups is 1. The highest BCUT2D eigenvalue weighted by atomic mass is 16.3. The van der Waals surface area contributed by atoms with E-state index >= 15 is 0 Å². The lowest BCUT2D eigenvalue weighted by atomic mass is 10.1. The Morgan fingerprint density at radius 2 is 1.88 bits per heavy atom. The van der Waals surface area contributed by atoms with Crippen LogP contribution in [-0.4, -0.2) is 16.1 Å². The summed E-state index contributed by atoms with van der Waals surface area (Å²) in [6, 6.07) is 15.6. The van der Waals surface area contributed by atoms with E-state index in [2.05, 4.69) is 5.32 Å². The molecule has 120 valence electrons. The number of benzene rings is 2. The minimum absolute atomic E-state index is 0.0230. The zero-order chi connectivity index (χ0) is 17.4. The van der Waals surface area contributed by atoms with Gasteiger partial charge in [-0.15, -0.1) is 0 Å². The van der Waals surface area contributed by atoms with Crippen LogP contribution in [0, 0.1) is 11.3 Å². The van der Waals surface area contributed by atoms with Crippen molar-refractivity contribution in [3.05, 3.63) is 77.4 Å². The highest BCUT2D eigenvalue weighted by molar-refractivity contribution is 5.97. The average Bonchev–Trinajstić information content (AvgIpc) is 2.60. The van der Waals surface area contributed by atoms with Gasteiger partial charge in [0, 0.05) is 6.54 Å². The zero-order valence-corrected chi connectivity index (χ0v) is 12.8. The van der Waals surface area contributed by atoms with Crippen LogP contribution >= 0.6 is 0 Å². The number of amides is 1. The first-order valence-electron chi connectivity index (χ1n) is 7.22. The van der Waals surface area contributed by atoms with Crippen LogP contribution in [0.15, 0.2) is 66.3 Å². The van der Waals surface area contributed by atoms with Gasteiger partial charge in [-0.05, 0) is 29.3 Å². The summed E-state index contributed by atoms with van der Waals surface area (Å²) in [6.07, 6.45) is 4.87. The van der Waals surface area contributed by atoms with Crippen molar-refractivity contribution < 1.29 is 15.0 Å². The first-order chi connectivity index (χ1) is 11.6. The van der Waals surface area contributed by atoms with E-state index in [1.807, 2.05) is 36.4 Å². The quantitative estimate of drug-likeness (QED) is 0.342. The lowest BCUT2D eigenvalue weighted by Gasteiger charge is -2.05. The minimum atomic E-state index is -0.511. The van der Waals surface area contributed by atoms with Crippen LogP contribution in [0.25, 0.3) is 6.08 Å². The van der Waals surface area contributed by atoms with E-state index in [0.717, 1.165) is 5.56 Å². The molecule has 2 aromatic carbocycles. The lowest BCUT2D eigenvalue weighted by Crippen LogP contribution is -2.23. The molecule has 0 bridgehead atoms. The molecule has 0 heterocycles. The van der Waals surface area contributed by atoms with Crippen molar-refractivity contribution in [2.45, 2.75) is 6.54 Å². The molecule has 5 heteroatoms. The first kappa shape index (κ1) is 16.8. The monoisotopic (exact) mass is 320 g/mol. The van der Waals surface area contributed by atoms with Gasteiger partial charge < -0.3 is 15.5 Å². The molecule has 0 aliphatic rings. The van der Waals surface area contributed by atoms with Crippen LogP contribution in [0.5, 0.6) is 11.5 Å². The third kappa shape index (κ3) is 4.75. The summed E-state index contributed by atoms with van der Waals surface area (Å²) in [7, 11) is 0. The fraction of sp³-hybridized carbons (Fsp3) is 0.0526. The van der Waals surface area contributed by atoms with Crippen molar-refractivity contribution in [1.82, 2.24) is 5.32 Å². The van der Waals surface area contributed by atoms with Gasteiger partial charge >= 0.3 is 0 Å². The molecule has 0 fully saturated rings. The zero-order valence-electron chi connectivity index (χ0n) is 12.8. The van der Waals surface area contributed by atoms with Crippen LogP contribution in [0.2, 0.25) is 0 Å². The number of rotatable bonds is 5. The van der Waals surface area contributed by atoms with Gasteiger partial charge in [0.05, 0.1) is 0 Å². The summed E-state index contributed by atoms with van der Waals surface area (Å²) in [5, 5.41) is 30.3. The fourth-order valence-corrected chi connectivity index (χ4v) is 1.94. The smallest absolute Gasteiger partial charge is 0.262 e. The first-order valence-corrected chi connectivity index (χ1v) is 7.22. The minimum Gasteiger partial charge on any atom is -0.504 e. The lowest BCUT2D eigenvalue weighted by molar-refractivity contribution is -0.117. The second-order valence-corrected chi connectivity index (χ2v) is 4.97. The van der Waals surface area contributed by atoms with Gasteiger partial charge in [0.25, 0.3) is 5.91 Å². The highest BCUT2D eigenvalue weighted by Crippen LogP contribution is 2.24. The summed E-state index contributed by atoms with van der Waals surface area (Å²) in [5.74, 6) is -1.000. The summed E-state index contributed by atoms with van der Waals surface area (Å²) in [5.41, 5.74) is 1.55. The van der Waals surface area contributed by atoms with Gasteiger partial charge in [-0.1, -0.05) is 48.6 Å². The molecular formula is C19H16N2O3. The van der Waals surface area contributed by atoms with Crippen LogP contribution in [-0.2, 0) is 11.3 Å². The predicted octanol–water partition coefficient (Wildman–Crippen LogP) is 2.88. The number of aromatic hydroxyl groups is 2. The summed E-state index contributed by atoms with van der Waals surface area (Å²) < 4.78 is 0. The van der Waals surface area contributed by atoms with E-state index in [4.69, 9.17) is 5.26 Å². The summed E-state index contributed by atoms with van der Waals surface area (Å²) in [4.78, 5) is 12.0. The normalized spacial score (nSPS) is 11.2. The number of carbonyl (C=O) groups excluding carboxylic acids is 1. The molecule has 24 heavy (non-hydrogen) atoms. The summed E-state index contributed by atoms with van der Waals surface area (Å²) in [6.45, 7) is 0.133. The van der Waals surface area contributed by atoms with Crippen molar-refractivity contribution in [1.29, 1.82) is 5.26 Å². The largest absolute Gasteiger partial charge is 0.504 e. The number of nitrogens with one attached hydrogen (secondary N) is 1. The molecule has 0 saturated heterocycles. The highest BCUT2D eigenvalue weighted by Gasteiger charge is 2.08. The Hall–Kier alpha value is -3.52. The van der Waals surface area contributed by atoms with E-state index in [-0.39, 0.29) is 23.6 Å². The average molecular weight is 320 g/mol. The van der Waals surface area contributed by atoms with Gasteiger partial charge in [-0.2, -0.15) is 5.26 Å². The maximum Gasteiger partial charge on any atom is 0.262 e. The Labute approximate surface area is 139 Å². The molecule has 2 aromatic rings. The number of phenols is 2. The molecule has 0 aliphatic heterocycles. The second-order valence-electron chi connectivity index (χ2n) is 4.97. The predicted molar refractivity (Wildman–Crippen MR) is 90.8 cm³/mol. The third-order valence-corrected chi connectivity index (χ3v) is 3.21. The van der Waals surface area contributed by atoms with Crippen LogP contribution in [0.4, 0.5) is 0 Å². The molecule has 2 rings (SSSR count). The molecule has 5 nitrogen and oxygen atoms in total. The number of hydrogen-bond acceptors (Lipinski definition) is 4. The van der Waals surface area contributed by atoms with Crippen LogP contribution in [0.1, 0.15) is 11.1 Å². The second kappa shape index (κ2) is 8.20. The van der Waals surface area contributed by atoms with Gasteiger partial charge in [0.1, 0.15) is 11.6 Å². The van der Waals surface area contributed by atoms with Crippen molar-refractivity contribution >= 4 is 12.0 Å². The molecule has 3 N–H and O–H groups in total. The van der Waals surface area contributed by atoms with Crippen molar-refractivity contribution in [2.75, 3.05) is 0 Å². The molecule has 0 unspecified atom stereocenters. The number of allylic oxidation sites excluding steroid dienone is 2. The van der Waals surface area contributed by atoms with Gasteiger partial charge in [0.15, 0.2) is 11.5 Å². The molecule has 0 atom stereocenters. The fourth-order valence-electron chi connectivity index (χ4n) is 1.94. The Kier molecular flexibility index (Phi) is 5.76. The molecule has 0 saturated carbocycles. The Morgan fingerprint density at radius 3 is 2.54 bits per heavy atom. The molecule has 0 aliphatic carbocycles. The maximum absolute atomic E-state index is 12.0. The molecular weight excluding hydrogens is 304 g/mol. The molecule has 0 aromatic heterocycles. The topological polar surface area (TPSA) is 93.4 Å². The molecule has 0 radical (unpaired) electrons. The SMILES string of the molecule is N#CC(=CC=Cc1ccccc1)C(=O)NCc1ccc(O)c(O)c1. The summed E-state index contributed by atoms with van der Waals surface area (Å²) >= 11 is 0. The Balaban J connectivity index is 1.98. The van der Waals surface area contributed by atoms with Gasteiger partial charge in [0.2, 0.25) is 0 Å². The van der Waals surface area contributed by atoms with Crippen molar-refractivity contribution in [3.63, 3.8) is 0 Å². The van der Waals surface area contributed by atoms with E-state index < -0.39 is 5.91 Å². The Morgan fingerprint density at radius 1 is 1.12 bits per heavy atom. The van der Waals surface area contributed by atoms with E-state index in [1.165, 1.54) is 18.2 Å². The molecule has 1 amide bonds. The third-order valence-electron chi connectivity index (χ3n) is 3.21.